The van der Waals surface area contributed by atoms with Crippen LogP contribution in [-0.4, -0.2) is 15.0 Å². The molecule has 4 heteroatoms. The molecule has 1 aliphatic rings. The molecular formula is C8H13Cl3O. The SMILES string of the molecule is CC1(C)CCC(C)(C(Cl)(Cl)Cl)O1. The van der Waals surface area contributed by atoms with Crippen LogP contribution in [0.1, 0.15) is 33.6 Å². The molecule has 1 saturated heterocycles. The van der Waals surface area contributed by atoms with Crippen molar-refractivity contribution in [1.29, 1.82) is 0 Å². The lowest BCUT2D eigenvalue weighted by molar-refractivity contribution is -0.0726. The van der Waals surface area contributed by atoms with Crippen molar-refractivity contribution in [1.82, 2.24) is 0 Å². The summed E-state index contributed by atoms with van der Waals surface area (Å²) in [5, 5.41) is 0. The highest BCUT2D eigenvalue weighted by atomic mass is 35.6. The van der Waals surface area contributed by atoms with Crippen LogP contribution in [0.15, 0.2) is 0 Å². The van der Waals surface area contributed by atoms with Crippen LogP contribution in [-0.2, 0) is 4.74 Å². The maximum absolute atomic E-state index is 5.81. The van der Waals surface area contributed by atoms with Crippen LogP contribution in [0.5, 0.6) is 0 Å². The zero-order valence-electron chi connectivity index (χ0n) is 7.46. The summed E-state index contributed by atoms with van der Waals surface area (Å²) in [4.78, 5) is 0. The molecule has 0 spiro atoms. The second-order valence-electron chi connectivity index (χ2n) is 4.09. The zero-order valence-corrected chi connectivity index (χ0v) is 9.72. The maximum atomic E-state index is 5.81. The number of hydrogen-bond acceptors (Lipinski definition) is 1. The average Bonchev–Trinajstić information content (AvgIpc) is 2.05. The largest absolute Gasteiger partial charge is 0.365 e. The van der Waals surface area contributed by atoms with E-state index in [-0.39, 0.29) is 5.60 Å². The van der Waals surface area contributed by atoms with Crippen molar-refractivity contribution < 1.29 is 4.74 Å². The van der Waals surface area contributed by atoms with Crippen LogP contribution in [0.4, 0.5) is 0 Å². The fraction of sp³-hybridized carbons (Fsp3) is 1.00. The molecule has 1 heterocycles. The molecule has 0 bridgehead atoms. The minimum absolute atomic E-state index is 0.168. The first-order valence-corrected chi connectivity index (χ1v) is 5.07. The minimum atomic E-state index is -1.33. The topological polar surface area (TPSA) is 9.23 Å². The molecule has 0 N–H and O–H groups in total. The predicted octanol–water partition coefficient (Wildman–Crippen LogP) is 3.70. The van der Waals surface area contributed by atoms with E-state index in [0.29, 0.717) is 0 Å². The van der Waals surface area contributed by atoms with E-state index >= 15 is 0 Å². The first-order valence-electron chi connectivity index (χ1n) is 3.93. The van der Waals surface area contributed by atoms with Gasteiger partial charge in [-0.05, 0) is 33.6 Å². The molecule has 0 aromatic rings. The van der Waals surface area contributed by atoms with Gasteiger partial charge in [0.05, 0.1) is 5.60 Å². The van der Waals surface area contributed by atoms with E-state index in [1.807, 2.05) is 20.8 Å². The molecule has 1 fully saturated rings. The van der Waals surface area contributed by atoms with Gasteiger partial charge in [0, 0.05) is 0 Å². The summed E-state index contributed by atoms with van der Waals surface area (Å²) in [7, 11) is 0. The minimum Gasteiger partial charge on any atom is -0.365 e. The molecule has 1 rings (SSSR count). The van der Waals surface area contributed by atoms with Crippen molar-refractivity contribution in [3.8, 4) is 0 Å². The van der Waals surface area contributed by atoms with Crippen LogP contribution in [0.25, 0.3) is 0 Å². The van der Waals surface area contributed by atoms with Gasteiger partial charge in [-0.3, -0.25) is 0 Å². The predicted molar refractivity (Wildman–Crippen MR) is 53.1 cm³/mol. The van der Waals surface area contributed by atoms with E-state index in [0.717, 1.165) is 12.8 Å². The molecule has 0 aromatic carbocycles. The summed E-state index contributed by atoms with van der Waals surface area (Å²) in [5.74, 6) is 0. The van der Waals surface area contributed by atoms with Gasteiger partial charge in [-0.2, -0.15) is 0 Å². The second kappa shape index (κ2) is 2.91. The highest BCUT2D eigenvalue weighted by Crippen LogP contribution is 2.50. The maximum Gasteiger partial charge on any atom is 0.218 e. The third-order valence-electron chi connectivity index (χ3n) is 2.31. The molecule has 0 saturated carbocycles. The second-order valence-corrected chi connectivity index (χ2v) is 6.37. The van der Waals surface area contributed by atoms with Gasteiger partial charge in [-0.15, -0.1) is 0 Å². The Labute approximate surface area is 88.3 Å². The van der Waals surface area contributed by atoms with Crippen LogP contribution >= 0.6 is 34.8 Å². The van der Waals surface area contributed by atoms with Gasteiger partial charge in [-0.25, -0.2) is 0 Å². The number of rotatable bonds is 0. The molecule has 0 aromatic heterocycles. The molecule has 1 nitrogen and oxygen atoms in total. The lowest BCUT2D eigenvalue weighted by Crippen LogP contribution is -2.41. The molecule has 72 valence electrons. The average molecular weight is 232 g/mol. The lowest BCUT2D eigenvalue weighted by atomic mass is 10.0. The van der Waals surface area contributed by atoms with Gasteiger partial charge in [0.15, 0.2) is 0 Å². The first-order chi connectivity index (χ1) is 5.16. The quantitative estimate of drug-likeness (QED) is 0.578. The Kier molecular flexibility index (Phi) is 2.65. The normalized spacial score (nSPS) is 35.5. The molecular weight excluding hydrogens is 218 g/mol. The highest BCUT2D eigenvalue weighted by molar-refractivity contribution is 6.68. The summed E-state index contributed by atoms with van der Waals surface area (Å²) < 4.78 is 4.37. The van der Waals surface area contributed by atoms with E-state index in [4.69, 9.17) is 39.5 Å². The summed E-state index contributed by atoms with van der Waals surface area (Å²) in [6.07, 6.45) is 1.72. The highest BCUT2D eigenvalue weighted by Gasteiger charge is 2.53. The zero-order chi connectivity index (χ0) is 9.62. The Balaban J connectivity index is 2.78. The van der Waals surface area contributed by atoms with Crippen molar-refractivity contribution in [2.75, 3.05) is 0 Å². The molecule has 1 aliphatic heterocycles. The van der Waals surface area contributed by atoms with Crippen molar-refractivity contribution in [3.05, 3.63) is 0 Å². The fourth-order valence-electron chi connectivity index (χ4n) is 1.45. The van der Waals surface area contributed by atoms with Gasteiger partial charge in [0.25, 0.3) is 0 Å². The van der Waals surface area contributed by atoms with Crippen LogP contribution in [0.3, 0.4) is 0 Å². The molecule has 0 aliphatic carbocycles. The number of hydrogen-bond donors (Lipinski definition) is 0. The third kappa shape index (κ3) is 2.01. The van der Waals surface area contributed by atoms with Crippen LogP contribution in [0.2, 0.25) is 0 Å². The Morgan fingerprint density at radius 2 is 1.58 bits per heavy atom. The Hall–Kier alpha value is 0.830. The lowest BCUT2D eigenvalue weighted by Gasteiger charge is -2.33. The molecule has 1 atom stereocenters. The molecule has 0 radical (unpaired) electrons. The van der Waals surface area contributed by atoms with Crippen LogP contribution < -0.4 is 0 Å². The Morgan fingerprint density at radius 1 is 1.08 bits per heavy atom. The smallest absolute Gasteiger partial charge is 0.218 e. The molecule has 1 unspecified atom stereocenters. The van der Waals surface area contributed by atoms with Gasteiger partial charge in [-0.1, -0.05) is 34.8 Å². The summed E-state index contributed by atoms with van der Waals surface area (Å²) in [6, 6.07) is 0. The van der Waals surface area contributed by atoms with Gasteiger partial charge in [0.2, 0.25) is 3.79 Å². The van der Waals surface area contributed by atoms with Gasteiger partial charge in [0.1, 0.15) is 5.60 Å². The van der Waals surface area contributed by atoms with Gasteiger partial charge < -0.3 is 4.74 Å². The van der Waals surface area contributed by atoms with Crippen molar-refractivity contribution in [2.45, 2.75) is 48.6 Å². The van der Waals surface area contributed by atoms with E-state index in [2.05, 4.69) is 0 Å². The molecule has 0 amide bonds. The Morgan fingerprint density at radius 3 is 1.75 bits per heavy atom. The number of halogens is 3. The first kappa shape index (κ1) is 10.9. The van der Waals surface area contributed by atoms with Crippen molar-refractivity contribution in [3.63, 3.8) is 0 Å². The van der Waals surface area contributed by atoms with Crippen molar-refractivity contribution >= 4 is 34.8 Å². The summed E-state index contributed by atoms with van der Waals surface area (Å²) in [6.45, 7) is 5.86. The summed E-state index contributed by atoms with van der Waals surface area (Å²) >= 11 is 17.4. The van der Waals surface area contributed by atoms with Crippen LogP contribution in [0, 0.1) is 0 Å². The van der Waals surface area contributed by atoms with E-state index in [1.54, 1.807) is 0 Å². The summed E-state index contributed by atoms with van der Waals surface area (Å²) in [5.41, 5.74) is -0.806. The molecule has 12 heavy (non-hydrogen) atoms. The monoisotopic (exact) mass is 230 g/mol. The van der Waals surface area contributed by atoms with E-state index in [9.17, 15) is 0 Å². The van der Waals surface area contributed by atoms with Gasteiger partial charge >= 0.3 is 0 Å². The Bertz CT molecular complexity index is 185. The number of ether oxygens (including phenoxy) is 1. The van der Waals surface area contributed by atoms with E-state index < -0.39 is 9.39 Å². The fourth-order valence-corrected chi connectivity index (χ4v) is 1.85. The van der Waals surface area contributed by atoms with Crippen molar-refractivity contribution in [2.24, 2.45) is 0 Å². The third-order valence-corrected chi connectivity index (χ3v) is 3.50. The van der Waals surface area contributed by atoms with E-state index in [1.165, 1.54) is 0 Å². The standard InChI is InChI=1S/C8H13Cl3O/c1-6(2)4-5-7(3,12-6)8(9,10)11/h4-5H2,1-3H3. The number of alkyl halides is 3.